The number of pyridine rings is 1. The Balaban J connectivity index is 1.66. The molecule has 0 bridgehead atoms. The van der Waals surface area contributed by atoms with Crippen LogP contribution in [0.25, 0.3) is 5.52 Å². The molecular formula is C22H19N3O3S2. The maximum atomic E-state index is 13.7. The molecule has 5 rings (SSSR count). The second-order valence-corrected chi connectivity index (χ2v) is 10.2. The van der Waals surface area contributed by atoms with Crippen LogP contribution in [0.4, 0.5) is 0 Å². The van der Waals surface area contributed by atoms with Gasteiger partial charge in [0.15, 0.2) is 5.69 Å². The third kappa shape index (κ3) is 3.03. The van der Waals surface area contributed by atoms with Gasteiger partial charge in [-0.1, -0.05) is 36.4 Å². The van der Waals surface area contributed by atoms with Crippen molar-refractivity contribution >= 4 is 32.6 Å². The van der Waals surface area contributed by atoms with E-state index < -0.39 is 9.84 Å². The minimum atomic E-state index is -3.60. The van der Waals surface area contributed by atoms with Crippen LogP contribution in [0, 0.1) is 0 Å². The largest absolute Gasteiger partial charge is 0.326 e. The SMILES string of the molecule is CS(=O)(=O)c1nc(C(=O)N2CCc3sccc3C2c2ccccc2)c2ccccn12. The van der Waals surface area contributed by atoms with Crippen LogP contribution in [0.2, 0.25) is 0 Å². The molecule has 0 fully saturated rings. The number of hydrogen-bond acceptors (Lipinski definition) is 5. The average molecular weight is 438 g/mol. The van der Waals surface area contributed by atoms with Crippen LogP contribution in [0.1, 0.15) is 32.5 Å². The van der Waals surface area contributed by atoms with Gasteiger partial charge in [-0.25, -0.2) is 13.4 Å². The topological polar surface area (TPSA) is 71.7 Å². The first-order valence-electron chi connectivity index (χ1n) is 9.54. The van der Waals surface area contributed by atoms with Gasteiger partial charge in [-0.15, -0.1) is 11.3 Å². The number of imidazole rings is 1. The van der Waals surface area contributed by atoms with E-state index in [1.807, 2.05) is 35.2 Å². The second kappa shape index (κ2) is 7.07. The number of benzene rings is 1. The van der Waals surface area contributed by atoms with Crippen molar-refractivity contribution < 1.29 is 13.2 Å². The number of aromatic nitrogens is 2. The Bertz CT molecular complexity index is 1360. The standard InChI is InChI=1S/C22H19N3O3S2/c1-30(27,28)22-23-19(17-9-5-6-12-24(17)22)21(26)25-13-10-18-16(11-14-29-18)20(25)15-7-3-2-4-8-15/h2-9,11-12,14,20H,10,13H2,1H3. The molecule has 0 spiro atoms. The van der Waals surface area contributed by atoms with Crippen LogP contribution in [-0.4, -0.2) is 41.4 Å². The van der Waals surface area contributed by atoms with E-state index in [9.17, 15) is 13.2 Å². The molecule has 0 N–H and O–H groups in total. The van der Waals surface area contributed by atoms with E-state index in [2.05, 4.69) is 16.4 Å². The van der Waals surface area contributed by atoms with Gasteiger partial charge in [0.25, 0.3) is 5.91 Å². The predicted octanol–water partition coefficient (Wildman–Crippen LogP) is 3.59. The summed E-state index contributed by atoms with van der Waals surface area (Å²) < 4.78 is 26.0. The first-order chi connectivity index (χ1) is 14.4. The Morgan fingerprint density at radius 3 is 2.63 bits per heavy atom. The zero-order chi connectivity index (χ0) is 20.9. The molecule has 0 saturated heterocycles. The van der Waals surface area contributed by atoms with Gasteiger partial charge >= 0.3 is 0 Å². The maximum Gasteiger partial charge on any atom is 0.275 e. The third-order valence-corrected chi connectivity index (χ3v) is 7.34. The number of nitrogens with zero attached hydrogens (tertiary/aromatic N) is 3. The summed E-state index contributed by atoms with van der Waals surface area (Å²) in [6.45, 7) is 0.548. The lowest BCUT2D eigenvalue weighted by Gasteiger charge is -2.36. The van der Waals surface area contributed by atoms with Gasteiger partial charge in [-0.2, -0.15) is 0 Å². The van der Waals surface area contributed by atoms with E-state index in [1.54, 1.807) is 35.7 Å². The van der Waals surface area contributed by atoms with E-state index in [0.29, 0.717) is 12.1 Å². The number of hydrogen-bond donors (Lipinski definition) is 0. The average Bonchev–Trinajstić information content (AvgIpc) is 3.37. The molecule has 0 saturated carbocycles. The summed E-state index contributed by atoms with van der Waals surface area (Å²) in [4.78, 5) is 21.1. The van der Waals surface area contributed by atoms with Gasteiger partial charge in [-0.05, 0) is 41.1 Å². The highest BCUT2D eigenvalue weighted by Gasteiger charge is 2.35. The Kier molecular flexibility index (Phi) is 4.48. The Morgan fingerprint density at radius 1 is 1.10 bits per heavy atom. The molecule has 4 aromatic rings. The van der Waals surface area contributed by atoms with Gasteiger partial charge < -0.3 is 4.90 Å². The van der Waals surface area contributed by atoms with Gasteiger partial charge in [0, 0.05) is 23.9 Å². The summed E-state index contributed by atoms with van der Waals surface area (Å²) in [5.74, 6) is -0.265. The van der Waals surface area contributed by atoms with Crippen molar-refractivity contribution in [1.82, 2.24) is 14.3 Å². The molecule has 1 aliphatic rings. The van der Waals surface area contributed by atoms with Crippen molar-refractivity contribution in [3.8, 4) is 0 Å². The molecule has 1 unspecified atom stereocenters. The van der Waals surface area contributed by atoms with Gasteiger partial charge in [0.2, 0.25) is 15.0 Å². The Morgan fingerprint density at radius 2 is 1.87 bits per heavy atom. The fraction of sp³-hybridized carbons (Fsp3) is 0.182. The molecule has 30 heavy (non-hydrogen) atoms. The summed E-state index contributed by atoms with van der Waals surface area (Å²) in [7, 11) is -3.60. The van der Waals surface area contributed by atoms with Gasteiger partial charge in [0.1, 0.15) is 0 Å². The summed E-state index contributed by atoms with van der Waals surface area (Å²) in [6, 6.07) is 17.0. The lowest BCUT2D eigenvalue weighted by atomic mass is 9.93. The highest BCUT2D eigenvalue weighted by atomic mass is 32.2. The zero-order valence-electron chi connectivity index (χ0n) is 16.2. The second-order valence-electron chi connectivity index (χ2n) is 7.33. The lowest BCUT2D eigenvalue weighted by molar-refractivity contribution is 0.0692. The van der Waals surface area contributed by atoms with Crippen LogP contribution >= 0.6 is 11.3 Å². The maximum absolute atomic E-state index is 13.7. The van der Waals surface area contributed by atoms with Crippen molar-refractivity contribution in [3.05, 3.63) is 87.9 Å². The van der Waals surface area contributed by atoms with Gasteiger partial charge in [0.05, 0.1) is 11.6 Å². The summed E-state index contributed by atoms with van der Waals surface area (Å²) >= 11 is 1.71. The van der Waals surface area contributed by atoms with Crippen LogP contribution in [0.15, 0.2) is 71.3 Å². The minimum Gasteiger partial charge on any atom is -0.326 e. The highest BCUT2D eigenvalue weighted by Crippen LogP contribution is 2.38. The molecule has 6 nitrogen and oxygen atoms in total. The number of amides is 1. The molecule has 152 valence electrons. The third-order valence-electron chi connectivity index (χ3n) is 5.39. The smallest absolute Gasteiger partial charge is 0.275 e. The molecule has 1 amide bonds. The monoisotopic (exact) mass is 437 g/mol. The van der Waals surface area contributed by atoms with E-state index in [-0.39, 0.29) is 22.8 Å². The Labute approximate surface area is 178 Å². The number of carbonyl (C=O) groups is 1. The van der Waals surface area contributed by atoms with E-state index >= 15 is 0 Å². The van der Waals surface area contributed by atoms with Crippen molar-refractivity contribution in [2.75, 3.05) is 12.8 Å². The van der Waals surface area contributed by atoms with Crippen LogP contribution < -0.4 is 0 Å². The number of carbonyl (C=O) groups excluding carboxylic acids is 1. The molecule has 1 atom stereocenters. The van der Waals surface area contributed by atoms with Crippen LogP contribution in [-0.2, 0) is 16.3 Å². The quantitative estimate of drug-likeness (QED) is 0.491. The number of thiophene rings is 1. The molecule has 1 aromatic carbocycles. The minimum absolute atomic E-state index is 0.119. The van der Waals surface area contributed by atoms with Crippen molar-refractivity contribution in [1.29, 1.82) is 0 Å². The lowest BCUT2D eigenvalue weighted by Crippen LogP contribution is -2.40. The zero-order valence-corrected chi connectivity index (χ0v) is 17.9. The summed E-state index contributed by atoms with van der Waals surface area (Å²) in [5.41, 5.74) is 2.80. The van der Waals surface area contributed by atoms with E-state index in [1.165, 1.54) is 9.28 Å². The molecule has 8 heteroatoms. The van der Waals surface area contributed by atoms with E-state index in [0.717, 1.165) is 23.8 Å². The van der Waals surface area contributed by atoms with Crippen molar-refractivity contribution in [2.45, 2.75) is 17.6 Å². The highest BCUT2D eigenvalue weighted by molar-refractivity contribution is 7.90. The first-order valence-corrected chi connectivity index (χ1v) is 12.3. The van der Waals surface area contributed by atoms with Crippen LogP contribution in [0.3, 0.4) is 0 Å². The summed E-state index contributed by atoms with van der Waals surface area (Å²) in [6.07, 6.45) is 3.50. The first kappa shape index (κ1) is 19.0. The number of sulfone groups is 1. The molecule has 4 heterocycles. The molecule has 3 aromatic heterocycles. The number of fused-ring (bicyclic) bond motifs is 2. The molecule has 0 radical (unpaired) electrons. The predicted molar refractivity (Wildman–Crippen MR) is 116 cm³/mol. The molecule has 0 aliphatic carbocycles. The fourth-order valence-electron chi connectivity index (χ4n) is 4.09. The van der Waals surface area contributed by atoms with Crippen molar-refractivity contribution in [2.24, 2.45) is 0 Å². The number of rotatable bonds is 3. The molecule has 1 aliphatic heterocycles. The van der Waals surface area contributed by atoms with Crippen molar-refractivity contribution in [3.63, 3.8) is 0 Å². The van der Waals surface area contributed by atoms with Gasteiger partial charge in [-0.3, -0.25) is 9.20 Å². The molecular weight excluding hydrogens is 418 g/mol. The van der Waals surface area contributed by atoms with E-state index in [4.69, 9.17) is 0 Å². The van der Waals surface area contributed by atoms with Crippen LogP contribution in [0.5, 0.6) is 0 Å². The summed E-state index contributed by atoms with van der Waals surface area (Å²) in [5, 5.41) is 1.94. The fourth-order valence-corrected chi connectivity index (χ4v) is 5.77. The Hall–Kier alpha value is -2.97. The normalized spacial score (nSPS) is 16.6.